The molecule has 1 aromatic rings. The number of anilines is 1. The molecule has 106 valence electrons. The minimum absolute atomic E-state index is 0.227. The molecule has 1 unspecified atom stereocenters. The van der Waals surface area contributed by atoms with Gasteiger partial charge in [0.2, 0.25) is 0 Å². The number of benzene rings is 1. The van der Waals surface area contributed by atoms with Crippen molar-refractivity contribution in [2.24, 2.45) is 0 Å². The lowest BCUT2D eigenvalue weighted by molar-refractivity contribution is 0.138. The summed E-state index contributed by atoms with van der Waals surface area (Å²) in [6.07, 6.45) is 2.22. The molecule has 1 aliphatic heterocycles. The molecule has 0 spiro atoms. The van der Waals surface area contributed by atoms with Crippen molar-refractivity contribution in [3.63, 3.8) is 0 Å². The van der Waals surface area contributed by atoms with Crippen molar-refractivity contribution in [2.75, 3.05) is 39.1 Å². The quantitative estimate of drug-likeness (QED) is 0.755. The van der Waals surface area contributed by atoms with Gasteiger partial charge < -0.3 is 20.3 Å². The highest BCUT2D eigenvalue weighted by Gasteiger charge is 2.23. The van der Waals surface area contributed by atoms with Crippen LogP contribution in [0.15, 0.2) is 18.2 Å². The molecule has 5 heteroatoms. The monoisotopic (exact) mass is 266 g/mol. The Labute approximate surface area is 113 Å². The Hall–Kier alpha value is -1.46. The van der Waals surface area contributed by atoms with E-state index in [9.17, 15) is 5.11 Å². The van der Waals surface area contributed by atoms with E-state index in [4.69, 9.17) is 15.2 Å². The van der Waals surface area contributed by atoms with Crippen LogP contribution in [-0.4, -0.2) is 49.5 Å². The lowest BCUT2D eigenvalue weighted by atomic mass is 10.2. The van der Waals surface area contributed by atoms with E-state index in [1.165, 1.54) is 0 Å². The van der Waals surface area contributed by atoms with Gasteiger partial charge in [0.25, 0.3) is 0 Å². The second-order valence-corrected chi connectivity index (χ2v) is 4.77. The Morgan fingerprint density at radius 2 is 2.26 bits per heavy atom. The van der Waals surface area contributed by atoms with E-state index in [1.807, 2.05) is 6.07 Å². The Morgan fingerprint density at radius 1 is 1.42 bits per heavy atom. The minimum Gasteiger partial charge on any atom is -0.493 e. The largest absolute Gasteiger partial charge is 0.493 e. The molecule has 1 aromatic carbocycles. The number of methoxy groups -OCH3 is 1. The molecule has 1 aliphatic rings. The Kier molecular flexibility index (Phi) is 4.87. The number of hydrogen-bond acceptors (Lipinski definition) is 5. The van der Waals surface area contributed by atoms with Crippen molar-refractivity contribution in [1.29, 1.82) is 0 Å². The number of ether oxygens (including phenoxy) is 2. The average Bonchev–Trinajstić information content (AvgIpc) is 2.87. The van der Waals surface area contributed by atoms with E-state index in [2.05, 4.69) is 4.90 Å². The van der Waals surface area contributed by atoms with E-state index in [-0.39, 0.29) is 12.6 Å². The van der Waals surface area contributed by atoms with Gasteiger partial charge in [-0.2, -0.15) is 0 Å². The molecule has 0 saturated carbocycles. The van der Waals surface area contributed by atoms with Crippen LogP contribution in [0.25, 0.3) is 0 Å². The first-order valence-electron chi connectivity index (χ1n) is 6.66. The molecule has 0 radical (unpaired) electrons. The second-order valence-electron chi connectivity index (χ2n) is 4.77. The van der Waals surface area contributed by atoms with Crippen LogP contribution in [0.4, 0.5) is 5.69 Å². The number of rotatable bonds is 6. The maximum atomic E-state index is 9.25. The lowest BCUT2D eigenvalue weighted by Gasteiger charge is -2.22. The molecule has 1 heterocycles. The normalized spacial score (nSPS) is 19.6. The summed E-state index contributed by atoms with van der Waals surface area (Å²) in [5, 5.41) is 9.25. The molecular formula is C14H22N2O3. The van der Waals surface area contributed by atoms with Crippen molar-refractivity contribution in [3.05, 3.63) is 18.2 Å². The molecule has 1 saturated heterocycles. The first kappa shape index (κ1) is 14.0. The van der Waals surface area contributed by atoms with Crippen LogP contribution in [0, 0.1) is 0 Å². The van der Waals surface area contributed by atoms with Crippen LogP contribution in [-0.2, 0) is 0 Å². The summed E-state index contributed by atoms with van der Waals surface area (Å²) < 4.78 is 11.0. The van der Waals surface area contributed by atoms with Crippen LogP contribution in [0.3, 0.4) is 0 Å². The molecule has 0 aliphatic carbocycles. The number of hydrogen-bond donors (Lipinski definition) is 2. The average molecular weight is 266 g/mol. The minimum atomic E-state index is 0.227. The van der Waals surface area contributed by atoms with Crippen molar-refractivity contribution < 1.29 is 14.6 Å². The van der Waals surface area contributed by atoms with E-state index in [0.29, 0.717) is 23.8 Å². The second kappa shape index (κ2) is 6.63. The standard InChI is InChI=1S/C14H22N2O3/c1-18-14-9-11(15)4-5-13(14)19-8-7-16-6-2-3-12(16)10-17/h4-5,9,12,17H,2-3,6-8,10,15H2,1H3. The zero-order valence-electron chi connectivity index (χ0n) is 11.3. The third-order valence-electron chi connectivity index (χ3n) is 3.53. The van der Waals surface area contributed by atoms with Crippen LogP contribution >= 0.6 is 0 Å². The van der Waals surface area contributed by atoms with Crippen LogP contribution in [0.2, 0.25) is 0 Å². The van der Waals surface area contributed by atoms with Gasteiger partial charge in [-0.25, -0.2) is 0 Å². The van der Waals surface area contributed by atoms with Crippen LogP contribution < -0.4 is 15.2 Å². The first-order valence-corrected chi connectivity index (χ1v) is 6.66. The van der Waals surface area contributed by atoms with E-state index in [1.54, 1.807) is 19.2 Å². The zero-order chi connectivity index (χ0) is 13.7. The molecule has 0 bridgehead atoms. The number of nitrogens with zero attached hydrogens (tertiary/aromatic N) is 1. The molecule has 0 aromatic heterocycles. The first-order chi connectivity index (χ1) is 9.24. The molecular weight excluding hydrogens is 244 g/mol. The van der Waals surface area contributed by atoms with Gasteiger partial charge in [-0.15, -0.1) is 0 Å². The Balaban J connectivity index is 1.85. The highest BCUT2D eigenvalue weighted by Crippen LogP contribution is 2.29. The van der Waals surface area contributed by atoms with Gasteiger partial charge in [0.05, 0.1) is 13.7 Å². The third-order valence-corrected chi connectivity index (χ3v) is 3.53. The van der Waals surface area contributed by atoms with E-state index in [0.717, 1.165) is 25.9 Å². The molecule has 1 fully saturated rings. The molecule has 5 nitrogen and oxygen atoms in total. The number of nitrogens with two attached hydrogens (primary N) is 1. The number of aliphatic hydroxyl groups excluding tert-OH is 1. The highest BCUT2D eigenvalue weighted by atomic mass is 16.5. The summed E-state index contributed by atoms with van der Waals surface area (Å²) in [4.78, 5) is 2.27. The van der Waals surface area contributed by atoms with Crippen molar-refractivity contribution in [1.82, 2.24) is 4.90 Å². The Bertz CT molecular complexity index is 412. The molecule has 19 heavy (non-hydrogen) atoms. The van der Waals surface area contributed by atoms with Crippen LogP contribution in [0.5, 0.6) is 11.5 Å². The third kappa shape index (κ3) is 3.52. The van der Waals surface area contributed by atoms with Gasteiger partial charge in [-0.3, -0.25) is 4.90 Å². The van der Waals surface area contributed by atoms with Crippen molar-refractivity contribution in [3.8, 4) is 11.5 Å². The smallest absolute Gasteiger partial charge is 0.162 e. The van der Waals surface area contributed by atoms with Crippen molar-refractivity contribution >= 4 is 5.69 Å². The molecule has 0 amide bonds. The van der Waals surface area contributed by atoms with Gasteiger partial charge >= 0.3 is 0 Å². The SMILES string of the molecule is COc1cc(N)ccc1OCCN1CCCC1CO. The van der Waals surface area contributed by atoms with Gasteiger partial charge in [-0.05, 0) is 31.5 Å². The van der Waals surface area contributed by atoms with Gasteiger partial charge in [0.1, 0.15) is 6.61 Å². The predicted octanol–water partition coefficient (Wildman–Crippen LogP) is 1.11. The van der Waals surface area contributed by atoms with E-state index < -0.39 is 0 Å². The Morgan fingerprint density at radius 3 is 3.00 bits per heavy atom. The summed E-state index contributed by atoms with van der Waals surface area (Å²) in [7, 11) is 1.60. The highest BCUT2D eigenvalue weighted by molar-refractivity contribution is 5.51. The topological polar surface area (TPSA) is 68.0 Å². The predicted molar refractivity (Wildman–Crippen MR) is 74.6 cm³/mol. The van der Waals surface area contributed by atoms with Gasteiger partial charge in [0.15, 0.2) is 11.5 Å². The van der Waals surface area contributed by atoms with Gasteiger partial charge in [-0.1, -0.05) is 0 Å². The molecule has 2 rings (SSSR count). The summed E-state index contributed by atoms with van der Waals surface area (Å²) in [5.41, 5.74) is 6.35. The van der Waals surface area contributed by atoms with Crippen LogP contribution in [0.1, 0.15) is 12.8 Å². The number of likely N-dealkylation sites (tertiary alicyclic amines) is 1. The summed E-state index contributed by atoms with van der Waals surface area (Å²) in [6, 6.07) is 5.66. The van der Waals surface area contributed by atoms with Crippen molar-refractivity contribution in [2.45, 2.75) is 18.9 Å². The maximum absolute atomic E-state index is 9.25. The molecule has 3 N–H and O–H groups in total. The number of nitrogen functional groups attached to an aromatic ring is 1. The fourth-order valence-corrected chi connectivity index (χ4v) is 2.47. The summed E-state index contributed by atoms with van der Waals surface area (Å²) in [6.45, 7) is 2.66. The molecule has 1 atom stereocenters. The lowest BCUT2D eigenvalue weighted by Crippen LogP contribution is -2.35. The van der Waals surface area contributed by atoms with E-state index >= 15 is 0 Å². The maximum Gasteiger partial charge on any atom is 0.162 e. The zero-order valence-corrected chi connectivity index (χ0v) is 11.3. The van der Waals surface area contributed by atoms with Gasteiger partial charge in [0, 0.05) is 24.3 Å². The fraction of sp³-hybridized carbons (Fsp3) is 0.571. The number of aliphatic hydroxyl groups is 1. The summed E-state index contributed by atoms with van der Waals surface area (Å²) >= 11 is 0. The fourth-order valence-electron chi connectivity index (χ4n) is 2.47. The summed E-state index contributed by atoms with van der Waals surface area (Å²) in [5.74, 6) is 1.36.